The molecule has 0 saturated heterocycles. The van der Waals surface area contributed by atoms with E-state index >= 15 is 0 Å². The quantitative estimate of drug-likeness (QED) is 0.223. The number of benzene rings is 4. The first kappa shape index (κ1) is 21.1. The van der Waals surface area contributed by atoms with Crippen LogP contribution in [0.3, 0.4) is 0 Å². The van der Waals surface area contributed by atoms with Crippen LogP contribution in [0.15, 0.2) is 102 Å². The van der Waals surface area contributed by atoms with Crippen LogP contribution in [-0.4, -0.2) is 15.1 Å². The SMILES string of the molecule is Oc1ccccc1-c1nc2c(-c3[c-]c(-c4nccc5ccccc45)ccc3)cccc2o1.[Pt]. The van der Waals surface area contributed by atoms with E-state index in [1.54, 1.807) is 18.2 Å². The fourth-order valence-electron chi connectivity index (χ4n) is 4.03. The minimum atomic E-state index is 0. The Bertz CT molecular complexity index is 1600. The maximum atomic E-state index is 10.2. The Kier molecular flexibility index (Phi) is 5.53. The summed E-state index contributed by atoms with van der Waals surface area (Å²) in [5.41, 5.74) is 5.57. The van der Waals surface area contributed by atoms with Crippen LogP contribution in [0.5, 0.6) is 5.75 Å². The van der Waals surface area contributed by atoms with Crippen molar-refractivity contribution in [3.63, 3.8) is 0 Å². The molecule has 0 aliphatic rings. The maximum Gasteiger partial charge on any atom is 0.230 e. The summed E-state index contributed by atoms with van der Waals surface area (Å²) in [4.78, 5) is 9.34. The summed E-state index contributed by atoms with van der Waals surface area (Å²) in [5, 5.41) is 12.4. The molecule has 4 aromatic carbocycles. The Morgan fingerprint density at radius 3 is 2.39 bits per heavy atom. The number of phenols is 1. The molecule has 2 heterocycles. The normalized spacial score (nSPS) is 10.9. The van der Waals surface area contributed by atoms with E-state index in [1.807, 2.05) is 66.9 Å². The van der Waals surface area contributed by atoms with Gasteiger partial charge in [-0.15, -0.1) is 29.8 Å². The molecule has 33 heavy (non-hydrogen) atoms. The Hall–Kier alpha value is -3.75. The van der Waals surface area contributed by atoms with Gasteiger partial charge >= 0.3 is 0 Å². The van der Waals surface area contributed by atoms with Gasteiger partial charge in [0.1, 0.15) is 11.3 Å². The van der Waals surface area contributed by atoms with Crippen molar-refractivity contribution in [2.24, 2.45) is 0 Å². The molecule has 6 aromatic rings. The molecule has 0 aliphatic heterocycles. The zero-order valence-electron chi connectivity index (χ0n) is 17.3. The zero-order valence-corrected chi connectivity index (χ0v) is 19.6. The minimum absolute atomic E-state index is 0. The van der Waals surface area contributed by atoms with Gasteiger partial charge in [0.05, 0.1) is 11.1 Å². The van der Waals surface area contributed by atoms with Crippen molar-refractivity contribution < 1.29 is 30.6 Å². The van der Waals surface area contributed by atoms with Crippen molar-refractivity contribution >= 4 is 21.9 Å². The second-order valence-electron chi connectivity index (χ2n) is 7.55. The third kappa shape index (κ3) is 3.73. The van der Waals surface area contributed by atoms with Crippen molar-refractivity contribution in [3.05, 3.63) is 103 Å². The number of pyridine rings is 1. The Balaban J connectivity index is 0.00000228. The van der Waals surface area contributed by atoms with Gasteiger partial charge in [-0.1, -0.05) is 59.7 Å². The average Bonchev–Trinajstić information content (AvgIpc) is 3.28. The summed E-state index contributed by atoms with van der Waals surface area (Å²) >= 11 is 0. The Labute approximate surface area is 204 Å². The maximum absolute atomic E-state index is 10.2. The second-order valence-corrected chi connectivity index (χ2v) is 7.55. The van der Waals surface area contributed by atoms with Gasteiger partial charge in [-0.2, -0.15) is 0 Å². The van der Waals surface area contributed by atoms with E-state index in [4.69, 9.17) is 9.40 Å². The molecular weight excluding hydrogens is 591 g/mol. The van der Waals surface area contributed by atoms with Crippen molar-refractivity contribution in [1.82, 2.24) is 9.97 Å². The van der Waals surface area contributed by atoms with Gasteiger partial charge in [-0.05, 0) is 35.0 Å². The van der Waals surface area contributed by atoms with Gasteiger partial charge in [0.25, 0.3) is 0 Å². The first-order valence-corrected chi connectivity index (χ1v) is 10.3. The van der Waals surface area contributed by atoms with E-state index in [2.05, 4.69) is 23.2 Å². The fraction of sp³-hybridized carbons (Fsp3) is 0. The molecule has 0 bridgehead atoms. The summed E-state index contributed by atoms with van der Waals surface area (Å²) in [6, 6.07) is 32.7. The summed E-state index contributed by atoms with van der Waals surface area (Å²) in [7, 11) is 0. The van der Waals surface area contributed by atoms with E-state index in [0.29, 0.717) is 17.0 Å². The van der Waals surface area contributed by atoms with Crippen molar-refractivity contribution in [1.29, 1.82) is 0 Å². The standard InChI is InChI=1S/C28H17N2O2.Pt/c31-24-13-4-3-11-23(24)28-30-27-22(12-6-14-25(27)32-28)19-8-5-9-20(17-19)26-21-10-2-1-7-18(21)15-16-29-26;/h1-16,31H;/q-1;. The number of nitrogens with zero attached hydrogens (tertiary/aromatic N) is 2. The molecule has 0 saturated carbocycles. The number of fused-ring (bicyclic) bond motifs is 2. The molecule has 0 amide bonds. The number of para-hydroxylation sites is 2. The van der Waals surface area contributed by atoms with Crippen LogP contribution in [0.4, 0.5) is 0 Å². The molecule has 1 N–H and O–H groups in total. The van der Waals surface area contributed by atoms with Crippen LogP contribution in [-0.2, 0) is 21.1 Å². The van der Waals surface area contributed by atoms with Crippen molar-refractivity contribution in [2.75, 3.05) is 0 Å². The molecular formula is C28H17N2O2Pt-. The van der Waals surface area contributed by atoms with E-state index in [0.717, 1.165) is 38.7 Å². The number of aromatic nitrogens is 2. The van der Waals surface area contributed by atoms with Gasteiger partial charge in [-0.25, -0.2) is 4.98 Å². The number of aromatic hydroxyl groups is 1. The topological polar surface area (TPSA) is 59.2 Å². The predicted octanol–water partition coefficient (Wildman–Crippen LogP) is 6.88. The number of phenolic OH excluding ortho intramolecular Hbond substituents is 1. The van der Waals surface area contributed by atoms with Gasteiger partial charge in [-0.3, -0.25) is 4.98 Å². The second kappa shape index (κ2) is 8.65. The van der Waals surface area contributed by atoms with E-state index in [9.17, 15) is 5.11 Å². The van der Waals surface area contributed by atoms with Crippen LogP contribution >= 0.6 is 0 Å². The Morgan fingerprint density at radius 2 is 1.48 bits per heavy atom. The van der Waals surface area contributed by atoms with Crippen LogP contribution in [0.1, 0.15) is 0 Å². The molecule has 0 atom stereocenters. The first-order valence-electron chi connectivity index (χ1n) is 10.3. The number of oxazole rings is 1. The Morgan fingerprint density at radius 1 is 0.727 bits per heavy atom. The number of hydrogen-bond acceptors (Lipinski definition) is 4. The zero-order chi connectivity index (χ0) is 21.5. The number of hydrogen-bond donors (Lipinski definition) is 1. The molecule has 0 spiro atoms. The van der Waals surface area contributed by atoms with Gasteiger partial charge in [0, 0.05) is 33.0 Å². The smallest absolute Gasteiger partial charge is 0.230 e. The summed E-state index contributed by atoms with van der Waals surface area (Å²) in [5.74, 6) is 0.522. The molecule has 0 fully saturated rings. The average molecular weight is 609 g/mol. The first-order chi connectivity index (χ1) is 15.8. The summed E-state index contributed by atoms with van der Waals surface area (Å²) in [6.07, 6.45) is 1.83. The summed E-state index contributed by atoms with van der Waals surface area (Å²) in [6.45, 7) is 0. The van der Waals surface area contributed by atoms with E-state index < -0.39 is 0 Å². The van der Waals surface area contributed by atoms with Crippen molar-refractivity contribution in [3.8, 4) is 39.6 Å². The molecule has 4 nitrogen and oxygen atoms in total. The minimum Gasteiger partial charge on any atom is -0.507 e. The van der Waals surface area contributed by atoms with Crippen LogP contribution in [0, 0.1) is 6.07 Å². The molecule has 2 aromatic heterocycles. The molecule has 0 radical (unpaired) electrons. The van der Waals surface area contributed by atoms with Crippen LogP contribution in [0.25, 0.3) is 55.7 Å². The third-order valence-corrected chi connectivity index (χ3v) is 5.57. The van der Waals surface area contributed by atoms with E-state index in [1.165, 1.54) is 0 Å². The molecule has 0 aliphatic carbocycles. The van der Waals surface area contributed by atoms with Crippen LogP contribution in [0.2, 0.25) is 0 Å². The van der Waals surface area contributed by atoms with E-state index in [-0.39, 0.29) is 26.8 Å². The van der Waals surface area contributed by atoms with Gasteiger partial charge in [0.2, 0.25) is 5.89 Å². The third-order valence-electron chi connectivity index (χ3n) is 5.57. The summed E-state index contributed by atoms with van der Waals surface area (Å²) < 4.78 is 5.97. The van der Waals surface area contributed by atoms with Crippen LogP contribution < -0.4 is 0 Å². The largest absolute Gasteiger partial charge is 0.507 e. The number of rotatable bonds is 3. The molecule has 0 unspecified atom stereocenters. The fourth-order valence-corrected chi connectivity index (χ4v) is 4.03. The van der Waals surface area contributed by atoms with Gasteiger partial charge < -0.3 is 9.52 Å². The molecule has 162 valence electrons. The molecule has 6 rings (SSSR count). The monoisotopic (exact) mass is 608 g/mol. The predicted molar refractivity (Wildman–Crippen MR) is 126 cm³/mol. The van der Waals surface area contributed by atoms with Crippen molar-refractivity contribution in [2.45, 2.75) is 0 Å². The van der Waals surface area contributed by atoms with Gasteiger partial charge in [0.15, 0.2) is 0 Å². The molecule has 5 heteroatoms.